The van der Waals surface area contributed by atoms with Gasteiger partial charge in [-0.25, -0.2) is 9.97 Å². The molecule has 1 aliphatic carbocycles. The van der Waals surface area contributed by atoms with Crippen LogP contribution < -0.4 is 9.64 Å². The molecule has 2 aromatic heterocycles. The van der Waals surface area contributed by atoms with E-state index < -0.39 is 0 Å². The second-order valence-corrected chi connectivity index (χ2v) is 6.89. The van der Waals surface area contributed by atoms with E-state index in [0.717, 1.165) is 44.0 Å². The van der Waals surface area contributed by atoms with Gasteiger partial charge in [-0.3, -0.25) is 4.90 Å². The van der Waals surface area contributed by atoms with Gasteiger partial charge in [-0.05, 0) is 25.7 Å². The van der Waals surface area contributed by atoms with Crippen molar-refractivity contribution in [2.24, 2.45) is 7.05 Å². The fourth-order valence-electron chi connectivity index (χ4n) is 3.65. The predicted octanol–water partition coefficient (Wildman–Crippen LogP) is 1.25. The van der Waals surface area contributed by atoms with Gasteiger partial charge in [-0.15, -0.1) is 0 Å². The first-order chi connectivity index (χ1) is 12.2. The Hall–Kier alpha value is -2.22. The lowest BCUT2D eigenvalue weighted by molar-refractivity contribution is 0.198. The van der Waals surface area contributed by atoms with Crippen molar-refractivity contribution in [2.45, 2.75) is 44.3 Å². The minimum absolute atomic E-state index is 0.533. The first kappa shape index (κ1) is 16.3. The van der Waals surface area contributed by atoms with Gasteiger partial charge in [0.15, 0.2) is 0 Å². The summed E-state index contributed by atoms with van der Waals surface area (Å²) in [6.45, 7) is 3.03. The average molecular weight is 343 g/mol. The third-order valence-corrected chi connectivity index (χ3v) is 5.02. The summed E-state index contributed by atoms with van der Waals surface area (Å²) < 4.78 is 5.28. The molecule has 0 unspecified atom stereocenters. The molecule has 3 heterocycles. The molecule has 0 amide bonds. The Balaban J connectivity index is 1.40. The van der Waals surface area contributed by atoms with Crippen molar-refractivity contribution in [3.05, 3.63) is 24.3 Å². The van der Waals surface area contributed by atoms with Crippen LogP contribution in [0.4, 0.5) is 5.82 Å². The zero-order valence-electron chi connectivity index (χ0n) is 14.9. The van der Waals surface area contributed by atoms with E-state index in [0.29, 0.717) is 18.0 Å². The van der Waals surface area contributed by atoms with Gasteiger partial charge in [0, 0.05) is 44.8 Å². The fraction of sp³-hybridized carbons (Fsp3) is 0.647. The van der Waals surface area contributed by atoms with Crippen molar-refractivity contribution in [1.82, 2.24) is 29.9 Å². The largest absolute Gasteiger partial charge is 0.481 e. The molecule has 8 nitrogen and oxygen atoms in total. The van der Waals surface area contributed by atoms with Crippen molar-refractivity contribution in [1.29, 1.82) is 0 Å². The molecule has 0 radical (unpaired) electrons. The first-order valence-corrected chi connectivity index (χ1v) is 8.95. The molecule has 1 saturated heterocycles. The third kappa shape index (κ3) is 3.73. The van der Waals surface area contributed by atoms with Gasteiger partial charge in [-0.1, -0.05) is 0 Å². The van der Waals surface area contributed by atoms with Crippen LogP contribution in [0.25, 0.3) is 0 Å². The van der Waals surface area contributed by atoms with E-state index in [1.54, 1.807) is 18.2 Å². The number of hydrogen-bond donors (Lipinski definition) is 0. The molecule has 8 heteroatoms. The van der Waals surface area contributed by atoms with E-state index >= 15 is 0 Å². The fourth-order valence-corrected chi connectivity index (χ4v) is 3.65. The normalized spacial score (nSPS) is 19.1. The molecule has 4 rings (SSSR count). The summed E-state index contributed by atoms with van der Waals surface area (Å²) in [5, 5.41) is 8.54. The second-order valence-electron chi connectivity index (χ2n) is 6.89. The number of hydrogen-bond acceptors (Lipinski definition) is 7. The minimum atomic E-state index is 0.533. The van der Waals surface area contributed by atoms with Gasteiger partial charge in [0.25, 0.3) is 0 Å². The number of aryl methyl sites for hydroxylation is 1. The lowest BCUT2D eigenvalue weighted by Crippen LogP contribution is -2.46. The highest BCUT2D eigenvalue weighted by molar-refractivity contribution is 5.45. The lowest BCUT2D eigenvalue weighted by atomic mass is 10.0. The van der Waals surface area contributed by atoms with Crippen molar-refractivity contribution in [2.75, 3.05) is 25.1 Å². The van der Waals surface area contributed by atoms with Gasteiger partial charge in [-0.2, -0.15) is 15.0 Å². The average Bonchev–Trinajstić information content (AvgIpc) is 3.38. The van der Waals surface area contributed by atoms with E-state index in [1.807, 2.05) is 19.3 Å². The number of anilines is 1. The summed E-state index contributed by atoms with van der Waals surface area (Å²) in [6, 6.07) is 3.12. The number of methoxy groups -OCH3 is 1. The van der Waals surface area contributed by atoms with Crippen LogP contribution in [0.2, 0.25) is 0 Å². The molecule has 0 spiro atoms. The van der Waals surface area contributed by atoms with E-state index in [1.165, 1.54) is 12.8 Å². The SMILES string of the molecule is COc1cc(N(C2CC2)C2CCN(Cc3cnn(C)n3)CC2)ncn1. The Morgan fingerprint density at radius 1 is 1.16 bits per heavy atom. The van der Waals surface area contributed by atoms with Crippen molar-refractivity contribution < 1.29 is 4.74 Å². The zero-order chi connectivity index (χ0) is 17.2. The summed E-state index contributed by atoms with van der Waals surface area (Å²) in [6.07, 6.45) is 8.26. The topological polar surface area (TPSA) is 72.2 Å². The molecule has 2 aliphatic rings. The molecule has 2 aromatic rings. The summed E-state index contributed by atoms with van der Waals surface area (Å²) >= 11 is 0. The first-order valence-electron chi connectivity index (χ1n) is 8.95. The van der Waals surface area contributed by atoms with Crippen LogP contribution in [0.3, 0.4) is 0 Å². The van der Waals surface area contributed by atoms with Gasteiger partial charge in [0.1, 0.15) is 12.1 Å². The van der Waals surface area contributed by atoms with Crippen LogP contribution in [0, 0.1) is 0 Å². The number of nitrogens with zero attached hydrogens (tertiary/aromatic N) is 7. The molecule has 25 heavy (non-hydrogen) atoms. The Morgan fingerprint density at radius 2 is 1.92 bits per heavy atom. The highest BCUT2D eigenvalue weighted by Gasteiger charge is 2.36. The molecule has 134 valence electrons. The molecule has 1 saturated carbocycles. The molecule has 0 aromatic carbocycles. The Bertz CT molecular complexity index is 707. The molecular formula is C17H25N7O. The summed E-state index contributed by atoms with van der Waals surface area (Å²) in [5.41, 5.74) is 1.04. The maximum Gasteiger partial charge on any atom is 0.218 e. The van der Waals surface area contributed by atoms with Crippen LogP contribution in [-0.2, 0) is 13.6 Å². The van der Waals surface area contributed by atoms with Gasteiger partial charge in [0.2, 0.25) is 5.88 Å². The van der Waals surface area contributed by atoms with Gasteiger partial charge >= 0.3 is 0 Å². The number of likely N-dealkylation sites (tertiary alicyclic amines) is 1. The van der Waals surface area contributed by atoms with Crippen LogP contribution in [0.1, 0.15) is 31.4 Å². The molecule has 0 bridgehead atoms. The number of piperidine rings is 1. The molecule has 0 N–H and O–H groups in total. The van der Waals surface area contributed by atoms with Crippen LogP contribution in [0.5, 0.6) is 5.88 Å². The van der Waals surface area contributed by atoms with Crippen LogP contribution in [0.15, 0.2) is 18.6 Å². The third-order valence-electron chi connectivity index (χ3n) is 5.02. The smallest absolute Gasteiger partial charge is 0.218 e. The molecule has 1 aliphatic heterocycles. The Morgan fingerprint density at radius 3 is 2.56 bits per heavy atom. The van der Waals surface area contributed by atoms with E-state index in [2.05, 4.69) is 30.0 Å². The molecular weight excluding hydrogens is 318 g/mol. The maximum atomic E-state index is 5.28. The van der Waals surface area contributed by atoms with Crippen molar-refractivity contribution >= 4 is 5.82 Å². The van der Waals surface area contributed by atoms with Crippen molar-refractivity contribution in [3.63, 3.8) is 0 Å². The van der Waals surface area contributed by atoms with Crippen LogP contribution in [-0.4, -0.2) is 62.1 Å². The van der Waals surface area contributed by atoms with E-state index in [4.69, 9.17) is 4.74 Å². The monoisotopic (exact) mass is 343 g/mol. The highest BCUT2D eigenvalue weighted by Crippen LogP contribution is 2.36. The summed E-state index contributed by atoms with van der Waals surface area (Å²) in [7, 11) is 3.51. The highest BCUT2D eigenvalue weighted by atomic mass is 16.5. The maximum absolute atomic E-state index is 5.28. The second kappa shape index (κ2) is 6.95. The minimum Gasteiger partial charge on any atom is -0.481 e. The number of rotatable bonds is 6. The summed E-state index contributed by atoms with van der Waals surface area (Å²) in [4.78, 5) is 15.2. The molecule has 0 atom stereocenters. The molecule has 2 fully saturated rings. The van der Waals surface area contributed by atoms with Crippen molar-refractivity contribution in [3.8, 4) is 5.88 Å². The lowest BCUT2D eigenvalue weighted by Gasteiger charge is -2.39. The standard InChI is InChI=1S/C17H25N7O/c1-22-20-10-13(21-22)11-23-7-5-15(6-8-23)24(14-3-4-14)16-9-17(25-2)19-12-18-16/h9-10,12,14-15H,3-8,11H2,1-2H3. The van der Waals surface area contributed by atoms with E-state index in [-0.39, 0.29) is 0 Å². The van der Waals surface area contributed by atoms with Gasteiger partial charge in [0.05, 0.1) is 19.0 Å². The number of ether oxygens (including phenoxy) is 1. The predicted molar refractivity (Wildman–Crippen MR) is 93.4 cm³/mol. The Labute approximate surface area is 147 Å². The quantitative estimate of drug-likeness (QED) is 0.781. The van der Waals surface area contributed by atoms with Crippen LogP contribution >= 0.6 is 0 Å². The zero-order valence-corrected chi connectivity index (χ0v) is 14.9. The number of aromatic nitrogens is 5. The van der Waals surface area contributed by atoms with E-state index in [9.17, 15) is 0 Å². The Kier molecular flexibility index (Phi) is 4.52. The summed E-state index contributed by atoms with van der Waals surface area (Å²) in [5.74, 6) is 1.64. The van der Waals surface area contributed by atoms with Gasteiger partial charge < -0.3 is 9.64 Å².